The Labute approximate surface area is 169 Å². The smallest absolute Gasteiger partial charge is 0.223 e. The molecule has 150 valence electrons. The van der Waals surface area contributed by atoms with E-state index in [9.17, 15) is 4.79 Å². The number of aryl methyl sites for hydroxylation is 1. The highest BCUT2D eigenvalue weighted by Gasteiger charge is 2.26. The van der Waals surface area contributed by atoms with Crippen molar-refractivity contribution in [3.05, 3.63) is 65.5 Å². The van der Waals surface area contributed by atoms with Crippen LogP contribution in [0.3, 0.4) is 0 Å². The average Bonchev–Trinajstić information content (AvgIpc) is 3.02. The lowest BCUT2D eigenvalue weighted by Gasteiger charge is -2.32. The molecule has 2 atom stereocenters. The summed E-state index contributed by atoms with van der Waals surface area (Å²) in [4.78, 5) is 19.9. The molecule has 4 heteroatoms. The van der Waals surface area contributed by atoms with E-state index in [1.807, 2.05) is 24.4 Å². The van der Waals surface area contributed by atoms with Crippen molar-refractivity contribution in [2.75, 3.05) is 13.1 Å². The maximum Gasteiger partial charge on any atom is 0.223 e. The molecule has 3 rings (SSSR count). The lowest BCUT2D eigenvalue weighted by Crippen LogP contribution is -2.41. The predicted molar refractivity (Wildman–Crippen MR) is 114 cm³/mol. The first kappa shape index (κ1) is 20.5. The number of rotatable bonds is 7. The van der Waals surface area contributed by atoms with Crippen molar-refractivity contribution in [2.24, 2.45) is 0 Å². The molecule has 0 spiro atoms. The number of aromatic nitrogens is 1. The zero-order chi connectivity index (χ0) is 19.8. The Morgan fingerprint density at radius 3 is 2.71 bits per heavy atom. The molecule has 1 aliphatic heterocycles. The molecular weight excluding hydrogens is 346 g/mol. The minimum absolute atomic E-state index is 0.216. The molecule has 1 fully saturated rings. The summed E-state index contributed by atoms with van der Waals surface area (Å²) in [7, 11) is 0. The van der Waals surface area contributed by atoms with Crippen molar-refractivity contribution in [1.82, 2.24) is 15.2 Å². The third-order valence-electron chi connectivity index (χ3n) is 5.80. The van der Waals surface area contributed by atoms with Gasteiger partial charge in [-0.15, -0.1) is 0 Å². The van der Waals surface area contributed by atoms with Crippen molar-refractivity contribution in [3.8, 4) is 0 Å². The van der Waals surface area contributed by atoms with Gasteiger partial charge in [-0.25, -0.2) is 0 Å². The van der Waals surface area contributed by atoms with E-state index >= 15 is 0 Å². The van der Waals surface area contributed by atoms with Gasteiger partial charge in [-0.05, 0) is 68.0 Å². The molecule has 28 heavy (non-hydrogen) atoms. The monoisotopic (exact) mass is 379 g/mol. The fourth-order valence-electron chi connectivity index (χ4n) is 3.98. The molecule has 1 aliphatic rings. The van der Waals surface area contributed by atoms with Crippen molar-refractivity contribution in [3.63, 3.8) is 0 Å². The van der Waals surface area contributed by atoms with Crippen LogP contribution in [0.1, 0.15) is 62.3 Å². The Balaban J connectivity index is 1.72. The highest BCUT2D eigenvalue weighted by Crippen LogP contribution is 2.24. The molecule has 2 unspecified atom stereocenters. The fraction of sp³-hybridized carbons (Fsp3) is 0.500. The van der Waals surface area contributed by atoms with E-state index in [-0.39, 0.29) is 11.8 Å². The molecule has 4 nitrogen and oxygen atoms in total. The van der Waals surface area contributed by atoms with E-state index in [1.165, 1.54) is 11.1 Å². The number of carbonyl (C=O) groups excluding carboxylic acids is 1. The molecule has 1 N–H and O–H groups in total. The van der Waals surface area contributed by atoms with E-state index in [4.69, 9.17) is 0 Å². The summed E-state index contributed by atoms with van der Waals surface area (Å²) in [5.41, 5.74) is 3.55. The summed E-state index contributed by atoms with van der Waals surface area (Å²) in [6.45, 7) is 6.95. The van der Waals surface area contributed by atoms with Crippen LogP contribution in [0.2, 0.25) is 0 Å². The van der Waals surface area contributed by atoms with Crippen LogP contribution < -0.4 is 5.32 Å². The number of amides is 1. The second kappa shape index (κ2) is 10.4. The molecule has 0 saturated carbocycles. The molecule has 1 aromatic heterocycles. The Kier molecular flexibility index (Phi) is 7.61. The molecule has 1 saturated heterocycles. The maximum absolute atomic E-state index is 13.3. The molecule has 0 bridgehead atoms. The summed E-state index contributed by atoms with van der Waals surface area (Å²) in [6, 6.07) is 14.9. The second-order valence-corrected chi connectivity index (χ2v) is 7.88. The number of benzene rings is 1. The first-order chi connectivity index (χ1) is 13.7. The Morgan fingerprint density at radius 1 is 1.18 bits per heavy atom. The molecule has 1 amide bonds. The van der Waals surface area contributed by atoms with Gasteiger partial charge in [0.1, 0.15) is 0 Å². The van der Waals surface area contributed by atoms with Crippen LogP contribution in [-0.4, -0.2) is 34.9 Å². The molecule has 2 heterocycles. The lowest BCUT2D eigenvalue weighted by molar-refractivity contribution is -0.135. The molecule has 1 aromatic carbocycles. The van der Waals surface area contributed by atoms with Crippen LogP contribution in [0.5, 0.6) is 0 Å². The SMILES string of the molecule is CCc1ccc(C(C)CC(=O)N(Cc2ccccn2)C2CCCNCC2)cc1. The van der Waals surface area contributed by atoms with Crippen molar-refractivity contribution in [1.29, 1.82) is 0 Å². The van der Waals surface area contributed by atoms with Gasteiger partial charge in [-0.3, -0.25) is 9.78 Å². The van der Waals surface area contributed by atoms with Crippen molar-refractivity contribution >= 4 is 5.91 Å². The third-order valence-corrected chi connectivity index (χ3v) is 5.80. The maximum atomic E-state index is 13.3. The Morgan fingerprint density at radius 2 is 2.00 bits per heavy atom. The zero-order valence-electron chi connectivity index (χ0n) is 17.2. The van der Waals surface area contributed by atoms with Gasteiger partial charge in [0, 0.05) is 18.7 Å². The number of pyridine rings is 1. The van der Waals surface area contributed by atoms with Gasteiger partial charge >= 0.3 is 0 Å². The minimum Gasteiger partial charge on any atom is -0.334 e. The highest BCUT2D eigenvalue weighted by molar-refractivity contribution is 5.77. The van der Waals surface area contributed by atoms with Crippen LogP contribution in [0.4, 0.5) is 0 Å². The summed E-state index contributed by atoms with van der Waals surface area (Å²) in [5.74, 6) is 0.457. The van der Waals surface area contributed by atoms with Crippen LogP contribution >= 0.6 is 0 Å². The van der Waals surface area contributed by atoms with Gasteiger partial charge in [-0.2, -0.15) is 0 Å². The Bertz CT molecular complexity index is 721. The van der Waals surface area contributed by atoms with Gasteiger partial charge in [0.2, 0.25) is 5.91 Å². The summed E-state index contributed by atoms with van der Waals surface area (Å²) in [5, 5.41) is 3.46. The van der Waals surface area contributed by atoms with E-state index in [0.29, 0.717) is 19.0 Å². The largest absolute Gasteiger partial charge is 0.334 e. The van der Waals surface area contributed by atoms with Gasteiger partial charge in [-0.1, -0.05) is 44.2 Å². The summed E-state index contributed by atoms with van der Waals surface area (Å²) < 4.78 is 0. The first-order valence-electron chi connectivity index (χ1n) is 10.7. The normalized spacial score (nSPS) is 18.3. The molecule has 2 aromatic rings. The topological polar surface area (TPSA) is 45.2 Å². The van der Waals surface area contributed by atoms with Gasteiger partial charge in [0.05, 0.1) is 12.2 Å². The van der Waals surface area contributed by atoms with E-state index in [1.54, 1.807) is 0 Å². The highest BCUT2D eigenvalue weighted by atomic mass is 16.2. The first-order valence-corrected chi connectivity index (χ1v) is 10.7. The van der Waals surface area contributed by atoms with Crippen LogP contribution in [-0.2, 0) is 17.8 Å². The zero-order valence-corrected chi connectivity index (χ0v) is 17.2. The predicted octanol–water partition coefficient (Wildman–Crippen LogP) is 4.31. The number of hydrogen-bond acceptors (Lipinski definition) is 3. The standard InChI is InChI=1S/C24H33N3O/c1-3-20-9-11-21(12-10-20)19(2)17-24(28)27(18-22-7-4-5-15-26-22)23-8-6-14-25-16-13-23/h4-5,7,9-12,15,19,23,25H,3,6,8,13-14,16-18H2,1-2H3. The van der Waals surface area contributed by atoms with E-state index in [2.05, 4.69) is 53.3 Å². The second-order valence-electron chi connectivity index (χ2n) is 7.88. The number of nitrogens with one attached hydrogen (secondary N) is 1. The minimum atomic E-state index is 0.216. The number of nitrogens with zero attached hydrogens (tertiary/aromatic N) is 2. The molecule has 0 radical (unpaired) electrons. The summed E-state index contributed by atoms with van der Waals surface area (Å²) >= 11 is 0. The van der Waals surface area contributed by atoms with E-state index < -0.39 is 0 Å². The number of hydrogen-bond donors (Lipinski definition) is 1. The molecular formula is C24H33N3O. The third kappa shape index (κ3) is 5.65. The number of carbonyl (C=O) groups is 1. The quantitative estimate of drug-likeness (QED) is 0.780. The van der Waals surface area contributed by atoms with Gasteiger partial charge in [0.15, 0.2) is 0 Å². The van der Waals surface area contributed by atoms with Crippen LogP contribution in [0, 0.1) is 0 Å². The fourth-order valence-corrected chi connectivity index (χ4v) is 3.98. The van der Waals surface area contributed by atoms with E-state index in [0.717, 1.165) is 44.5 Å². The van der Waals surface area contributed by atoms with Crippen molar-refractivity contribution in [2.45, 2.75) is 64.5 Å². The molecule has 0 aliphatic carbocycles. The Hall–Kier alpha value is -2.20. The van der Waals surface area contributed by atoms with Gasteiger partial charge < -0.3 is 10.2 Å². The summed E-state index contributed by atoms with van der Waals surface area (Å²) in [6.07, 6.45) is 6.59. The van der Waals surface area contributed by atoms with Crippen LogP contribution in [0.15, 0.2) is 48.7 Å². The van der Waals surface area contributed by atoms with Gasteiger partial charge in [0.25, 0.3) is 0 Å². The van der Waals surface area contributed by atoms with Crippen molar-refractivity contribution < 1.29 is 4.79 Å². The van der Waals surface area contributed by atoms with Crippen LogP contribution in [0.25, 0.3) is 0 Å². The average molecular weight is 380 g/mol. The lowest BCUT2D eigenvalue weighted by atomic mass is 9.95.